The van der Waals surface area contributed by atoms with Gasteiger partial charge in [0.1, 0.15) is 11.9 Å². The highest BCUT2D eigenvalue weighted by Crippen LogP contribution is 2.32. The number of aromatic nitrogens is 5. The van der Waals surface area contributed by atoms with E-state index in [4.69, 9.17) is 14.5 Å². The maximum absolute atomic E-state index is 5.03. The highest BCUT2D eigenvalue weighted by atomic mass is 16.5. The Labute approximate surface area is 150 Å². The van der Waals surface area contributed by atoms with Gasteiger partial charge in [-0.3, -0.25) is 0 Å². The van der Waals surface area contributed by atoms with Gasteiger partial charge in [0.25, 0.3) is 0 Å². The molecule has 0 saturated carbocycles. The lowest BCUT2D eigenvalue weighted by molar-refractivity contribution is 0.415. The number of pyridine rings is 1. The van der Waals surface area contributed by atoms with Crippen LogP contribution >= 0.6 is 0 Å². The van der Waals surface area contributed by atoms with E-state index in [1.54, 1.807) is 6.26 Å². The van der Waals surface area contributed by atoms with Crippen molar-refractivity contribution in [2.75, 3.05) is 12.4 Å². The lowest BCUT2D eigenvalue weighted by Gasteiger charge is -2.09. The largest absolute Gasteiger partial charge is 0.364 e. The Morgan fingerprint density at radius 2 is 2.08 bits per heavy atom. The number of fused-ring (bicyclic) bond motifs is 1. The molecule has 4 heterocycles. The zero-order valence-electron chi connectivity index (χ0n) is 15.0. The van der Waals surface area contributed by atoms with Crippen LogP contribution in [-0.2, 0) is 6.42 Å². The number of H-pyrrole nitrogens is 1. The molecule has 4 rings (SSSR count). The van der Waals surface area contributed by atoms with Crippen molar-refractivity contribution in [3.8, 4) is 22.5 Å². The zero-order valence-corrected chi connectivity index (χ0v) is 15.0. The Hall–Kier alpha value is -3.22. The van der Waals surface area contributed by atoms with Crippen molar-refractivity contribution in [3.63, 3.8) is 0 Å². The average molecular weight is 348 g/mol. The van der Waals surface area contributed by atoms with E-state index in [0.29, 0.717) is 5.95 Å². The molecule has 0 radical (unpaired) electrons. The van der Waals surface area contributed by atoms with Crippen molar-refractivity contribution in [1.29, 1.82) is 0 Å². The third-order valence-corrected chi connectivity index (χ3v) is 4.43. The van der Waals surface area contributed by atoms with Crippen molar-refractivity contribution < 1.29 is 4.52 Å². The average Bonchev–Trinajstić information content (AvgIpc) is 3.27. The minimum atomic E-state index is 0.610. The summed E-state index contributed by atoms with van der Waals surface area (Å²) in [5.41, 5.74) is 6.46. The fourth-order valence-corrected chi connectivity index (χ4v) is 3.10. The fourth-order valence-electron chi connectivity index (χ4n) is 3.10. The van der Waals surface area contributed by atoms with Gasteiger partial charge in [-0.1, -0.05) is 18.5 Å². The second kappa shape index (κ2) is 6.59. The smallest absolute Gasteiger partial charge is 0.222 e. The van der Waals surface area contributed by atoms with Crippen LogP contribution in [0, 0.1) is 6.92 Å². The van der Waals surface area contributed by atoms with Gasteiger partial charge in [-0.25, -0.2) is 15.0 Å². The molecule has 4 aromatic heterocycles. The quantitative estimate of drug-likeness (QED) is 0.567. The summed E-state index contributed by atoms with van der Waals surface area (Å²) in [7, 11) is 1.82. The third kappa shape index (κ3) is 2.71. The first-order valence-corrected chi connectivity index (χ1v) is 8.64. The van der Waals surface area contributed by atoms with Crippen LogP contribution in [0.5, 0.6) is 0 Å². The third-order valence-electron chi connectivity index (χ3n) is 4.43. The van der Waals surface area contributed by atoms with Gasteiger partial charge in [0.15, 0.2) is 0 Å². The molecular formula is C19H20N6O. The molecule has 7 heteroatoms. The number of rotatable bonds is 5. The summed E-state index contributed by atoms with van der Waals surface area (Å²) < 4.78 is 5.03. The number of nitrogens with zero attached hydrogens (tertiary/aromatic N) is 4. The number of aromatic amines is 1. The van der Waals surface area contributed by atoms with Crippen LogP contribution < -0.4 is 5.32 Å². The highest BCUT2D eigenvalue weighted by Gasteiger charge is 2.15. The van der Waals surface area contributed by atoms with Crippen LogP contribution in [0.15, 0.2) is 35.3 Å². The van der Waals surface area contributed by atoms with Crippen LogP contribution in [0.3, 0.4) is 0 Å². The summed E-state index contributed by atoms with van der Waals surface area (Å²) >= 11 is 0. The maximum Gasteiger partial charge on any atom is 0.222 e. The molecule has 0 fully saturated rings. The van der Waals surface area contributed by atoms with Gasteiger partial charge in [0, 0.05) is 30.4 Å². The Kier molecular flexibility index (Phi) is 4.12. The SMILES string of the molecule is CCCc1cnc(NC)nc1-c1c[nH]c2nc(-c3conc3C)ccc12. The summed E-state index contributed by atoms with van der Waals surface area (Å²) in [5, 5.41) is 7.97. The Balaban J connectivity index is 1.85. The molecular weight excluding hydrogens is 328 g/mol. The van der Waals surface area contributed by atoms with Crippen molar-refractivity contribution in [1.82, 2.24) is 25.1 Å². The van der Waals surface area contributed by atoms with Gasteiger partial charge in [0.05, 0.1) is 22.6 Å². The molecule has 0 amide bonds. The molecule has 0 aliphatic heterocycles. The maximum atomic E-state index is 5.03. The topological polar surface area (TPSA) is 92.5 Å². The first-order valence-electron chi connectivity index (χ1n) is 8.64. The van der Waals surface area contributed by atoms with Gasteiger partial charge < -0.3 is 14.8 Å². The molecule has 0 aliphatic rings. The Bertz CT molecular complexity index is 1070. The molecule has 0 spiro atoms. The first-order chi connectivity index (χ1) is 12.7. The normalized spacial score (nSPS) is 11.2. The number of hydrogen-bond donors (Lipinski definition) is 2. The number of nitrogens with one attached hydrogen (secondary N) is 2. The van der Waals surface area contributed by atoms with Crippen LogP contribution in [0.2, 0.25) is 0 Å². The van der Waals surface area contributed by atoms with E-state index in [9.17, 15) is 0 Å². The predicted octanol–water partition coefficient (Wildman–Crippen LogP) is 3.98. The molecule has 4 aromatic rings. The van der Waals surface area contributed by atoms with E-state index in [0.717, 1.165) is 57.6 Å². The minimum absolute atomic E-state index is 0.610. The molecule has 0 aliphatic carbocycles. The zero-order chi connectivity index (χ0) is 18.1. The monoisotopic (exact) mass is 348 g/mol. The molecule has 0 saturated heterocycles. The Morgan fingerprint density at radius 3 is 2.81 bits per heavy atom. The minimum Gasteiger partial charge on any atom is -0.364 e. The molecule has 0 atom stereocenters. The van der Waals surface area contributed by atoms with E-state index >= 15 is 0 Å². The Morgan fingerprint density at radius 1 is 1.19 bits per heavy atom. The van der Waals surface area contributed by atoms with Gasteiger partial charge in [-0.15, -0.1) is 0 Å². The van der Waals surface area contributed by atoms with Gasteiger partial charge in [-0.05, 0) is 31.0 Å². The predicted molar refractivity (Wildman–Crippen MR) is 101 cm³/mol. The number of hydrogen-bond acceptors (Lipinski definition) is 6. The molecule has 0 unspecified atom stereocenters. The summed E-state index contributed by atoms with van der Waals surface area (Å²) in [6, 6.07) is 4.05. The van der Waals surface area contributed by atoms with Crippen LogP contribution in [0.4, 0.5) is 5.95 Å². The number of anilines is 1. The van der Waals surface area contributed by atoms with Crippen molar-refractivity contribution in [3.05, 3.63) is 42.0 Å². The molecule has 0 aromatic carbocycles. The van der Waals surface area contributed by atoms with E-state index in [1.807, 2.05) is 32.4 Å². The molecule has 2 N–H and O–H groups in total. The first kappa shape index (κ1) is 16.3. The van der Waals surface area contributed by atoms with E-state index in [1.165, 1.54) is 0 Å². The van der Waals surface area contributed by atoms with Crippen molar-refractivity contribution in [2.45, 2.75) is 26.7 Å². The second-order valence-electron chi connectivity index (χ2n) is 6.18. The highest BCUT2D eigenvalue weighted by molar-refractivity contribution is 5.94. The van der Waals surface area contributed by atoms with Gasteiger partial charge in [-0.2, -0.15) is 0 Å². The molecule has 0 bridgehead atoms. The van der Waals surface area contributed by atoms with E-state index < -0.39 is 0 Å². The van der Waals surface area contributed by atoms with Crippen LogP contribution in [-0.4, -0.2) is 32.1 Å². The molecule has 26 heavy (non-hydrogen) atoms. The standard InChI is InChI=1S/C19H20N6O/c1-4-5-12-8-22-19(20-3)24-17(12)14-9-21-18-13(14)6-7-16(23-18)15-10-26-25-11(15)2/h6-10H,4-5H2,1-3H3,(H,21,23)(H,20,22,24). The van der Waals surface area contributed by atoms with Crippen molar-refractivity contribution >= 4 is 17.0 Å². The summed E-state index contributed by atoms with van der Waals surface area (Å²) in [6.07, 6.45) is 7.45. The van der Waals surface area contributed by atoms with Crippen molar-refractivity contribution in [2.24, 2.45) is 0 Å². The van der Waals surface area contributed by atoms with Crippen LogP contribution in [0.25, 0.3) is 33.5 Å². The van der Waals surface area contributed by atoms with Crippen LogP contribution in [0.1, 0.15) is 24.6 Å². The summed E-state index contributed by atoms with van der Waals surface area (Å²) in [6.45, 7) is 4.06. The van der Waals surface area contributed by atoms with E-state index in [-0.39, 0.29) is 0 Å². The van der Waals surface area contributed by atoms with Gasteiger partial charge in [0.2, 0.25) is 5.95 Å². The molecule has 7 nitrogen and oxygen atoms in total. The molecule has 132 valence electrons. The lowest BCUT2D eigenvalue weighted by Crippen LogP contribution is -2.01. The fraction of sp³-hybridized carbons (Fsp3) is 0.263. The van der Waals surface area contributed by atoms with Gasteiger partial charge >= 0.3 is 0 Å². The second-order valence-corrected chi connectivity index (χ2v) is 6.18. The number of aryl methyl sites for hydroxylation is 2. The van der Waals surface area contributed by atoms with E-state index in [2.05, 4.69) is 33.4 Å². The summed E-state index contributed by atoms with van der Waals surface area (Å²) in [4.78, 5) is 17.1. The lowest BCUT2D eigenvalue weighted by atomic mass is 10.0. The summed E-state index contributed by atoms with van der Waals surface area (Å²) in [5.74, 6) is 0.610.